The molecule has 0 amide bonds. The quantitative estimate of drug-likeness (QED) is 0.517. The van der Waals surface area contributed by atoms with Gasteiger partial charge in [0.1, 0.15) is 5.76 Å². The van der Waals surface area contributed by atoms with Gasteiger partial charge in [0.15, 0.2) is 23.8 Å². The summed E-state index contributed by atoms with van der Waals surface area (Å²) >= 11 is 5.95. The fourth-order valence-electron chi connectivity index (χ4n) is 2.29. The summed E-state index contributed by atoms with van der Waals surface area (Å²) in [6, 6.07) is 3.55. The smallest absolute Gasteiger partial charge is 0.181 e. The molecule has 2 aromatic heterocycles. The lowest BCUT2D eigenvalue weighted by atomic mass is 10.1. The molecule has 0 aliphatic rings. The van der Waals surface area contributed by atoms with Crippen LogP contribution in [0.5, 0.6) is 0 Å². The minimum Gasteiger partial charge on any atom is -0.446 e. The molecule has 0 saturated carbocycles. The second-order valence-corrected chi connectivity index (χ2v) is 6.12. The third-order valence-electron chi connectivity index (χ3n) is 3.82. The maximum absolute atomic E-state index is 13.4. The highest BCUT2D eigenvalue weighted by Gasteiger charge is 2.13. The number of hydrogen-bond acceptors (Lipinski definition) is 5. The molecule has 0 unspecified atom stereocenters. The van der Waals surface area contributed by atoms with Crippen LogP contribution < -0.4 is 10.6 Å². The lowest BCUT2D eigenvalue weighted by molar-refractivity contribution is 0.494. The van der Waals surface area contributed by atoms with E-state index in [-0.39, 0.29) is 16.3 Å². The highest BCUT2D eigenvalue weighted by molar-refractivity contribution is 6.32. The molecule has 27 heavy (non-hydrogen) atoms. The topological polar surface area (TPSA) is 78.8 Å². The van der Waals surface area contributed by atoms with Crippen LogP contribution in [0.15, 0.2) is 42.2 Å². The molecule has 0 aliphatic carbocycles. The van der Waals surface area contributed by atoms with Crippen LogP contribution in [0.3, 0.4) is 0 Å². The van der Waals surface area contributed by atoms with Crippen molar-refractivity contribution in [2.45, 2.75) is 13.5 Å². The first-order valence-corrected chi connectivity index (χ1v) is 8.21. The molecule has 6 nitrogen and oxygen atoms in total. The first-order valence-electron chi connectivity index (χ1n) is 7.83. The average Bonchev–Trinajstić information content (AvgIpc) is 3.25. The number of aromatic nitrogens is 3. The lowest BCUT2D eigenvalue weighted by Gasteiger charge is -2.09. The Kier molecular flexibility index (Phi) is 5.27. The van der Waals surface area contributed by atoms with Gasteiger partial charge in [-0.1, -0.05) is 24.8 Å². The normalized spacial score (nSPS) is 10.7. The third-order valence-corrected chi connectivity index (χ3v) is 4.14. The third kappa shape index (κ3) is 4.17. The van der Waals surface area contributed by atoms with Gasteiger partial charge in [0.05, 0.1) is 28.7 Å². The molecular weight excluding hydrogens is 376 g/mol. The van der Waals surface area contributed by atoms with Crippen molar-refractivity contribution in [3.63, 3.8) is 0 Å². The number of benzene rings is 1. The van der Waals surface area contributed by atoms with Gasteiger partial charge in [0.25, 0.3) is 0 Å². The van der Waals surface area contributed by atoms with Gasteiger partial charge in [0, 0.05) is 17.3 Å². The van der Waals surface area contributed by atoms with Crippen LogP contribution in [0, 0.1) is 18.6 Å². The zero-order valence-electron chi connectivity index (χ0n) is 14.4. The Hall–Kier alpha value is -3.13. The van der Waals surface area contributed by atoms with Gasteiger partial charge >= 0.3 is 0 Å². The maximum atomic E-state index is 13.4. The molecule has 0 bridgehead atoms. The Bertz CT molecular complexity index is 1010. The van der Waals surface area contributed by atoms with Crippen LogP contribution >= 0.6 is 11.6 Å². The summed E-state index contributed by atoms with van der Waals surface area (Å²) in [6.07, 6.45) is 1.38. The van der Waals surface area contributed by atoms with Crippen LogP contribution in [0.25, 0.3) is 11.4 Å². The minimum atomic E-state index is -1.03. The van der Waals surface area contributed by atoms with E-state index >= 15 is 0 Å². The fourth-order valence-corrected chi connectivity index (χ4v) is 2.56. The molecule has 3 rings (SSSR count). The van der Waals surface area contributed by atoms with Gasteiger partial charge in [-0.3, -0.25) is 5.10 Å². The number of halogens is 3. The molecule has 3 N–H and O–H groups in total. The van der Waals surface area contributed by atoms with Crippen molar-refractivity contribution in [2.75, 3.05) is 5.32 Å². The van der Waals surface area contributed by atoms with Crippen molar-refractivity contribution in [2.24, 2.45) is 0 Å². The number of H-pyrrole nitrogens is 1. The molecule has 0 aliphatic heterocycles. The molecule has 0 atom stereocenters. The van der Waals surface area contributed by atoms with Crippen molar-refractivity contribution in [1.29, 1.82) is 0 Å². The molecule has 1 aromatic carbocycles. The van der Waals surface area contributed by atoms with Gasteiger partial charge in [-0.05, 0) is 19.1 Å². The summed E-state index contributed by atoms with van der Waals surface area (Å²) in [6.45, 7) is 9.99. The number of aromatic amines is 1. The number of oxazole rings is 1. The second kappa shape index (κ2) is 7.63. The van der Waals surface area contributed by atoms with Gasteiger partial charge in [-0.2, -0.15) is 5.10 Å². The van der Waals surface area contributed by atoms with E-state index in [9.17, 15) is 8.78 Å². The van der Waals surface area contributed by atoms with Crippen LogP contribution in [-0.2, 0) is 6.54 Å². The van der Waals surface area contributed by atoms with E-state index in [1.165, 1.54) is 6.39 Å². The molecule has 140 valence electrons. The van der Waals surface area contributed by atoms with Crippen molar-refractivity contribution in [3.8, 4) is 0 Å². The van der Waals surface area contributed by atoms with E-state index < -0.39 is 11.6 Å². The number of rotatable bonds is 7. The highest BCUT2D eigenvalue weighted by atomic mass is 35.5. The molecular formula is C18H16ClF2N5O. The van der Waals surface area contributed by atoms with Crippen molar-refractivity contribution >= 4 is 28.8 Å². The Morgan fingerprint density at radius 1 is 1.22 bits per heavy atom. The van der Waals surface area contributed by atoms with Crippen LogP contribution in [0.1, 0.15) is 22.7 Å². The van der Waals surface area contributed by atoms with E-state index in [0.29, 0.717) is 29.5 Å². The predicted octanol–water partition coefficient (Wildman–Crippen LogP) is 4.48. The Morgan fingerprint density at radius 2 is 1.96 bits per heavy atom. The van der Waals surface area contributed by atoms with Gasteiger partial charge in [-0.25, -0.2) is 13.8 Å². The van der Waals surface area contributed by atoms with Gasteiger partial charge in [-0.15, -0.1) is 0 Å². The van der Waals surface area contributed by atoms with Gasteiger partial charge < -0.3 is 15.1 Å². The molecule has 2 heterocycles. The van der Waals surface area contributed by atoms with E-state index in [2.05, 4.69) is 39.0 Å². The number of nitrogens with zero attached hydrogens (tertiary/aromatic N) is 2. The Balaban J connectivity index is 1.65. The Labute approximate surface area is 159 Å². The monoisotopic (exact) mass is 391 g/mol. The summed E-state index contributed by atoms with van der Waals surface area (Å²) in [7, 11) is 0. The van der Waals surface area contributed by atoms with Gasteiger partial charge in [0.2, 0.25) is 0 Å². The average molecular weight is 392 g/mol. The molecule has 3 aromatic rings. The van der Waals surface area contributed by atoms with Crippen LogP contribution in [0.2, 0.25) is 5.02 Å². The van der Waals surface area contributed by atoms with Crippen LogP contribution in [0.4, 0.5) is 14.6 Å². The van der Waals surface area contributed by atoms with E-state index in [1.54, 1.807) is 6.07 Å². The van der Waals surface area contributed by atoms with Crippen molar-refractivity contribution in [1.82, 2.24) is 20.5 Å². The lowest BCUT2D eigenvalue weighted by Crippen LogP contribution is -2.11. The Morgan fingerprint density at radius 3 is 2.67 bits per heavy atom. The van der Waals surface area contributed by atoms with Crippen molar-refractivity contribution in [3.05, 3.63) is 77.1 Å². The summed E-state index contributed by atoms with van der Waals surface area (Å²) in [5, 5.41) is 12.9. The standard InChI is InChI=1S/C18H16ClF2N5O/c1-9(12-4-14(20)15(21)5-13(12)19)24-18-6-16(25-26-18)10(2)22-7-17-11(3)23-8-27-17/h4-6,8,22H,1-2,7H2,3H3,(H2,24,25,26). The summed E-state index contributed by atoms with van der Waals surface area (Å²) in [4.78, 5) is 4.01. The fraction of sp³-hybridized carbons (Fsp3) is 0.111. The molecule has 9 heteroatoms. The molecule has 0 spiro atoms. The minimum absolute atomic E-state index is 0.0377. The summed E-state index contributed by atoms with van der Waals surface area (Å²) in [5.41, 5.74) is 2.51. The highest BCUT2D eigenvalue weighted by Crippen LogP contribution is 2.26. The SMILES string of the molecule is C=C(NCc1ocnc1C)c1cc(NC(=C)c2cc(F)c(F)cc2Cl)n[nH]1. The first kappa shape index (κ1) is 18.7. The zero-order valence-corrected chi connectivity index (χ0v) is 15.1. The summed E-state index contributed by atoms with van der Waals surface area (Å²) < 4.78 is 31.9. The molecule has 0 fully saturated rings. The first-order chi connectivity index (χ1) is 12.8. The number of aryl methyl sites for hydroxylation is 1. The molecule has 0 saturated heterocycles. The number of anilines is 1. The number of hydrogen-bond donors (Lipinski definition) is 3. The number of nitrogens with one attached hydrogen (secondary N) is 3. The van der Waals surface area contributed by atoms with Crippen molar-refractivity contribution < 1.29 is 13.2 Å². The van der Waals surface area contributed by atoms with E-state index in [1.807, 2.05) is 6.92 Å². The molecule has 0 radical (unpaired) electrons. The predicted molar refractivity (Wildman–Crippen MR) is 99.7 cm³/mol. The van der Waals surface area contributed by atoms with Crippen LogP contribution in [-0.4, -0.2) is 15.2 Å². The van der Waals surface area contributed by atoms with E-state index in [0.717, 1.165) is 17.8 Å². The maximum Gasteiger partial charge on any atom is 0.181 e. The largest absolute Gasteiger partial charge is 0.446 e. The second-order valence-electron chi connectivity index (χ2n) is 5.71. The van der Waals surface area contributed by atoms with E-state index in [4.69, 9.17) is 16.0 Å². The summed E-state index contributed by atoms with van der Waals surface area (Å²) in [5.74, 6) is -0.923. The zero-order chi connectivity index (χ0) is 19.6.